The number of anilines is 2. The Kier molecular flexibility index (Phi) is 3.26. The van der Waals surface area contributed by atoms with Crippen molar-refractivity contribution in [2.45, 2.75) is 25.8 Å². The number of rotatable bonds is 4. The van der Waals surface area contributed by atoms with Crippen LogP contribution in [0, 0.1) is 17.8 Å². The van der Waals surface area contributed by atoms with E-state index in [1.54, 1.807) is 0 Å². The molecule has 0 spiro atoms. The molecule has 102 valence electrons. The van der Waals surface area contributed by atoms with E-state index < -0.39 is 0 Å². The summed E-state index contributed by atoms with van der Waals surface area (Å²) in [5.41, 5.74) is 2.53. The molecule has 0 radical (unpaired) electrons. The summed E-state index contributed by atoms with van der Waals surface area (Å²) >= 11 is 0. The standard InChI is InChI=1S/C17H24N2/c1-12(15-11-13-8-9-14(15)10-13)18-16-6-4-5-7-17(16)19(2)3/h4-9,12-15,18H,10-11H2,1-3H3. The fourth-order valence-corrected chi connectivity index (χ4v) is 3.74. The number of nitrogens with one attached hydrogen (secondary N) is 1. The minimum absolute atomic E-state index is 0.543. The molecule has 4 atom stereocenters. The molecule has 2 heteroatoms. The first-order valence-electron chi connectivity index (χ1n) is 7.36. The monoisotopic (exact) mass is 256 g/mol. The lowest BCUT2D eigenvalue weighted by molar-refractivity contribution is 0.400. The molecule has 4 unspecified atom stereocenters. The van der Waals surface area contributed by atoms with Crippen molar-refractivity contribution >= 4 is 11.4 Å². The summed E-state index contributed by atoms with van der Waals surface area (Å²) in [6, 6.07) is 9.12. The second-order valence-corrected chi connectivity index (χ2v) is 6.29. The van der Waals surface area contributed by atoms with Crippen LogP contribution >= 0.6 is 0 Å². The van der Waals surface area contributed by atoms with Crippen molar-refractivity contribution in [2.75, 3.05) is 24.3 Å². The first-order valence-corrected chi connectivity index (χ1v) is 7.36. The zero-order valence-electron chi connectivity index (χ0n) is 12.1. The molecule has 0 saturated heterocycles. The predicted octanol–water partition coefficient (Wildman–Crippen LogP) is 3.77. The molecule has 0 aliphatic heterocycles. The van der Waals surface area contributed by atoms with Crippen LogP contribution in [0.15, 0.2) is 36.4 Å². The second kappa shape index (κ2) is 4.92. The highest BCUT2D eigenvalue weighted by molar-refractivity contribution is 5.69. The Morgan fingerprint density at radius 3 is 2.58 bits per heavy atom. The van der Waals surface area contributed by atoms with Gasteiger partial charge in [-0.3, -0.25) is 0 Å². The third-order valence-corrected chi connectivity index (χ3v) is 4.74. The molecule has 1 aromatic rings. The van der Waals surface area contributed by atoms with E-state index in [9.17, 15) is 0 Å². The van der Waals surface area contributed by atoms with Crippen LogP contribution in [0.3, 0.4) is 0 Å². The molecule has 0 heterocycles. The van der Waals surface area contributed by atoms with Crippen LogP contribution < -0.4 is 10.2 Å². The molecule has 1 N–H and O–H groups in total. The van der Waals surface area contributed by atoms with Crippen molar-refractivity contribution in [3.05, 3.63) is 36.4 Å². The molecule has 1 fully saturated rings. The van der Waals surface area contributed by atoms with Gasteiger partial charge in [0.1, 0.15) is 0 Å². The summed E-state index contributed by atoms with van der Waals surface area (Å²) in [4.78, 5) is 2.18. The fraction of sp³-hybridized carbons (Fsp3) is 0.529. The highest BCUT2D eigenvalue weighted by Gasteiger charge is 2.38. The highest BCUT2D eigenvalue weighted by Crippen LogP contribution is 2.45. The summed E-state index contributed by atoms with van der Waals surface area (Å²) in [5, 5.41) is 3.74. The zero-order valence-corrected chi connectivity index (χ0v) is 12.1. The maximum Gasteiger partial charge on any atom is 0.0596 e. The lowest BCUT2D eigenvalue weighted by Gasteiger charge is -2.29. The van der Waals surface area contributed by atoms with Crippen LogP contribution in [0.1, 0.15) is 19.8 Å². The average molecular weight is 256 g/mol. The number of hydrogen-bond donors (Lipinski definition) is 1. The van der Waals surface area contributed by atoms with Gasteiger partial charge in [0, 0.05) is 20.1 Å². The minimum atomic E-state index is 0.543. The van der Waals surface area contributed by atoms with Crippen LogP contribution in [0.25, 0.3) is 0 Å². The molecule has 2 aliphatic carbocycles. The summed E-state index contributed by atoms with van der Waals surface area (Å²) in [6.07, 6.45) is 7.60. The van der Waals surface area contributed by atoms with E-state index in [0.717, 1.165) is 17.8 Å². The lowest BCUT2D eigenvalue weighted by atomic mass is 9.87. The Bertz CT molecular complexity index is 478. The van der Waals surface area contributed by atoms with Crippen molar-refractivity contribution in [1.82, 2.24) is 0 Å². The molecular weight excluding hydrogens is 232 g/mol. The van der Waals surface area contributed by atoms with Crippen molar-refractivity contribution in [3.8, 4) is 0 Å². The Morgan fingerprint density at radius 1 is 1.16 bits per heavy atom. The number of hydrogen-bond acceptors (Lipinski definition) is 2. The smallest absolute Gasteiger partial charge is 0.0596 e. The van der Waals surface area contributed by atoms with Gasteiger partial charge in [0.15, 0.2) is 0 Å². The van der Waals surface area contributed by atoms with Crippen LogP contribution in [-0.4, -0.2) is 20.1 Å². The van der Waals surface area contributed by atoms with Crippen LogP contribution in [0.4, 0.5) is 11.4 Å². The van der Waals surface area contributed by atoms with Gasteiger partial charge < -0.3 is 10.2 Å². The summed E-state index contributed by atoms with van der Waals surface area (Å²) in [7, 11) is 4.21. The van der Waals surface area contributed by atoms with Crippen molar-refractivity contribution < 1.29 is 0 Å². The van der Waals surface area contributed by atoms with Gasteiger partial charge in [-0.2, -0.15) is 0 Å². The van der Waals surface area contributed by atoms with Gasteiger partial charge in [-0.05, 0) is 49.7 Å². The molecule has 2 bridgehead atoms. The molecule has 2 aliphatic rings. The van der Waals surface area contributed by atoms with E-state index in [4.69, 9.17) is 0 Å². The van der Waals surface area contributed by atoms with Gasteiger partial charge in [0.25, 0.3) is 0 Å². The van der Waals surface area contributed by atoms with E-state index >= 15 is 0 Å². The molecule has 0 amide bonds. The molecule has 2 nitrogen and oxygen atoms in total. The molecule has 3 rings (SSSR count). The predicted molar refractivity (Wildman–Crippen MR) is 82.7 cm³/mol. The minimum Gasteiger partial charge on any atom is -0.381 e. The van der Waals surface area contributed by atoms with E-state index in [1.165, 1.54) is 24.2 Å². The third-order valence-electron chi connectivity index (χ3n) is 4.74. The quantitative estimate of drug-likeness (QED) is 0.825. The fourth-order valence-electron chi connectivity index (χ4n) is 3.74. The van der Waals surface area contributed by atoms with Crippen molar-refractivity contribution in [2.24, 2.45) is 17.8 Å². The number of para-hydroxylation sites is 2. The summed E-state index contributed by atoms with van der Waals surface area (Å²) in [5.74, 6) is 2.45. The Hall–Kier alpha value is -1.44. The van der Waals surface area contributed by atoms with Gasteiger partial charge >= 0.3 is 0 Å². The normalized spacial score (nSPS) is 29.5. The van der Waals surface area contributed by atoms with Crippen LogP contribution in [-0.2, 0) is 0 Å². The second-order valence-electron chi connectivity index (χ2n) is 6.29. The zero-order chi connectivity index (χ0) is 13.4. The largest absolute Gasteiger partial charge is 0.381 e. The Morgan fingerprint density at radius 2 is 1.95 bits per heavy atom. The van der Waals surface area contributed by atoms with Gasteiger partial charge in [0.05, 0.1) is 11.4 Å². The topological polar surface area (TPSA) is 15.3 Å². The number of nitrogens with zero attached hydrogens (tertiary/aromatic N) is 1. The molecular formula is C17H24N2. The van der Waals surface area contributed by atoms with Crippen LogP contribution in [0.5, 0.6) is 0 Å². The van der Waals surface area contributed by atoms with Gasteiger partial charge in [-0.25, -0.2) is 0 Å². The van der Waals surface area contributed by atoms with E-state index in [2.05, 4.69) is 67.7 Å². The maximum atomic E-state index is 3.74. The van der Waals surface area contributed by atoms with Crippen LogP contribution in [0.2, 0.25) is 0 Å². The third kappa shape index (κ3) is 2.36. The highest BCUT2D eigenvalue weighted by atomic mass is 15.1. The maximum absolute atomic E-state index is 3.74. The van der Waals surface area contributed by atoms with Gasteiger partial charge in [0.2, 0.25) is 0 Å². The van der Waals surface area contributed by atoms with E-state index in [0.29, 0.717) is 6.04 Å². The number of fused-ring (bicyclic) bond motifs is 2. The molecule has 0 aromatic heterocycles. The van der Waals surface area contributed by atoms with E-state index in [1.807, 2.05) is 0 Å². The summed E-state index contributed by atoms with van der Waals surface area (Å²) in [6.45, 7) is 2.34. The molecule has 1 saturated carbocycles. The van der Waals surface area contributed by atoms with Crippen molar-refractivity contribution in [3.63, 3.8) is 0 Å². The Labute approximate surface area is 116 Å². The molecule has 1 aromatic carbocycles. The summed E-state index contributed by atoms with van der Waals surface area (Å²) < 4.78 is 0. The molecule has 19 heavy (non-hydrogen) atoms. The number of benzene rings is 1. The SMILES string of the molecule is CC(Nc1ccccc1N(C)C)C1CC2C=CC1C2. The first-order chi connectivity index (χ1) is 9.15. The average Bonchev–Trinajstić information content (AvgIpc) is 3.01. The van der Waals surface area contributed by atoms with Gasteiger partial charge in [-0.15, -0.1) is 0 Å². The Balaban J connectivity index is 1.73. The van der Waals surface area contributed by atoms with Gasteiger partial charge in [-0.1, -0.05) is 24.3 Å². The van der Waals surface area contributed by atoms with Crippen molar-refractivity contribution in [1.29, 1.82) is 0 Å². The number of allylic oxidation sites excluding steroid dienone is 2. The first kappa shape index (κ1) is 12.6. The van der Waals surface area contributed by atoms with E-state index in [-0.39, 0.29) is 0 Å². The lowest BCUT2D eigenvalue weighted by Crippen LogP contribution is -2.29.